The Labute approximate surface area is 177 Å². The van der Waals surface area contributed by atoms with Crippen LogP contribution >= 0.6 is 34.3 Å². The zero-order valence-corrected chi connectivity index (χ0v) is 18.8. The van der Waals surface area contributed by atoms with Crippen LogP contribution in [0, 0.1) is 12.3 Å². The van der Waals surface area contributed by atoms with E-state index in [1.807, 2.05) is 51.3 Å². The van der Waals surface area contributed by atoms with Crippen LogP contribution in [0.3, 0.4) is 0 Å². The van der Waals surface area contributed by atoms with E-state index in [0.29, 0.717) is 16.6 Å². The second-order valence-electron chi connectivity index (χ2n) is 7.40. The molecule has 0 aliphatic carbocycles. The zero-order chi connectivity index (χ0) is 20.5. The van der Waals surface area contributed by atoms with Gasteiger partial charge >= 0.3 is 0 Å². The third-order valence-electron chi connectivity index (χ3n) is 4.06. The molecule has 0 aliphatic heterocycles. The molecule has 0 radical (unpaired) electrons. The molecule has 1 N–H and O–H groups in total. The summed E-state index contributed by atoms with van der Waals surface area (Å²) in [5, 5.41) is 7.05. The van der Waals surface area contributed by atoms with Crippen LogP contribution in [0.25, 0.3) is 10.6 Å². The van der Waals surface area contributed by atoms with Crippen LogP contribution in [0.1, 0.15) is 37.0 Å². The van der Waals surface area contributed by atoms with Crippen LogP contribution in [0.5, 0.6) is 5.75 Å². The van der Waals surface area contributed by atoms with Gasteiger partial charge in [-0.25, -0.2) is 9.97 Å². The summed E-state index contributed by atoms with van der Waals surface area (Å²) in [4.78, 5) is 22.4. The van der Waals surface area contributed by atoms with E-state index < -0.39 is 5.41 Å². The molecule has 0 saturated carbocycles. The fourth-order valence-electron chi connectivity index (χ4n) is 2.53. The lowest BCUT2D eigenvalue weighted by Crippen LogP contribution is -2.27. The van der Waals surface area contributed by atoms with Gasteiger partial charge in [-0.3, -0.25) is 4.79 Å². The summed E-state index contributed by atoms with van der Waals surface area (Å²) < 4.78 is 5.43. The lowest BCUT2D eigenvalue weighted by molar-refractivity contribution is -0.123. The molecule has 0 atom stereocenters. The highest BCUT2D eigenvalue weighted by molar-refractivity contribution is 7.17. The summed E-state index contributed by atoms with van der Waals surface area (Å²) in [5.41, 5.74) is 2.27. The number of carbonyl (C=O) groups excluding carboxylic acids is 1. The van der Waals surface area contributed by atoms with Gasteiger partial charge in [0.2, 0.25) is 5.91 Å². The Balaban J connectivity index is 1.82. The van der Waals surface area contributed by atoms with Gasteiger partial charge in [-0.15, -0.1) is 22.7 Å². The van der Waals surface area contributed by atoms with Gasteiger partial charge in [0, 0.05) is 27.8 Å². The smallest absolute Gasteiger partial charge is 0.231 e. The Morgan fingerprint density at radius 2 is 2.04 bits per heavy atom. The van der Waals surface area contributed by atoms with Gasteiger partial charge in [-0.1, -0.05) is 32.4 Å². The minimum absolute atomic E-state index is 0.0526. The molecule has 0 bridgehead atoms. The predicted octanol–water partition coefficient (Wildman–Crippen LogP) is 5.81. The second-order valence-corrected chi connectivity index (χ2v) is 9.78. The van der Waals surface area contributed by atoms with Crippen LogP contribution in [-0.2, 0) is 11.2 Å². The van der Waals surface area contributed by atoms with Crippen molar-refractivity contribution < 1.29 is 9.53 Å². The SMILES string of the molecule is COc1ccc(Cl)cc1Cc1nc(C)c(-c2csc(NC(=O)C(C)(C)C)n2)s1. The van der Waals surface area contributed by atoms with E-state index in [0.717, 1.165) is 32.6 Å². The second kappa shape index (κ2) is 8.19. The molecule has 8 heteroatoms. The largest absolute Gasteiger partial charge is 0.496 e. The number of aromatic nitrogens is 2. The summed E-state index contributed by atoms with van der Waals surface area (Å²) in [6.45, 7) is 7.60. The van der Waals surface area contributed by atoms with E-state index in [9.17, 15) is 4.79 Å². The van der Waals surface area contributed by atoms with Crippen molar-refractivity contribution in [1.82, 2.24) is 9.97 Å². The molecule has 3 aromatic rings. The highest BCUT2D eigenvalue weighted by atomic mass is 35.5. The first-order valence-electron chi connectivity index (χ1n) is 8.73. The molecule has 0 aliphatic rings. The van der Waals surface area contributed by atoms with Crippen molar-refractivity contribution >= 4 is 45.3 Å². The molecule has 0 unspecified atom stereocenters. The first kappa shape index (κ1) is 20.8. The molecule has 0 saturated heterocycles. The number of aryl methyl sites for hydroxylation is 1. The fourth-order valence-corrected chi connectivity index (χ4v) is 4.55. The summed E-state index contributed by atoms with van der Waals surface area (Å²) >= 11 is 9.14. The van der Waals surface area contributed by atoms with Crippen molar-refractivity contribution in [3.8, 4) is 16.3 Å². The maximum Gasteiger partial charge on any atom is 0.231 e. The quantitative estimate of drug-likeness (QED) is 0.549. The number of rotatable bonds is 5. The summed E-state index contributed by atoms with van der Waals surface area (Å²) in [6.07, 6.45) is 0.632. The normalized spacial score (nSPS) is 11.5. The summed E-state index contributed by atoms with van der Waals surface area (Å²) in [5.74, 6) is 0.739. The molecule has 28 heavy (non-hydrogen) atoms. The Kier molecular flexibility index (Phi) is 6.07. The standard InChI is InChI=1S/C20H22ClN3O2S2/c1-11-17(14-10-27-19(23-14)24-18(25)20(2,3)4)28-16(22-11)9-12-8-13(21)6-7-15(12)26-5/h6-8,10H,9H2,1-5H3,(H,23,24,25). The van der Waals surface area contributed by atoms with Crippen molar-refractivity contribution in [2.24, 2.45) is 5.41 Å². The number of ether oxygens (including phenoxy) is 1. The van der Waals surface area contributed by atoms with Crippen LogP contribution in [-0.4, -0.2) is 23.0 Å². The number of methoxy groups -OCH3 is 1. The Bertz CT molecular complexity index is 1010. The molecule has 0 spiro atoms. The molecule has 0 fully saturated rings. The zero-order valence-electron chi connectivity index (χ0n) is 16.4. The van der Waals surface area contributed by atoms with Crippen molar-refractivity contribution in [1.29, 1.82) is 0 Å². The van der Waals surface area contributed by atoms with Gasteiger partial charge in [0.25, 0.3) is 0 Å². The van der Waals surface area contributed by atoms with Crippen molar-refractivity contribution in [3.63, 3.8) is 0 Å². The van der Waals surface area contributed by atoms with Crippen LogP contribution < -0.4 is 10.1 Å². The maximum atomic E-state index is 12.2. The Hall–Kier alpha value is -1.96. The number of amides is 1. The first-order chi connectivity index (χ1) is 13.2. The van der Waals surface area contributed by atoms with Gasteiger partial charge in [-0.05, 0) is 25.1 Å². The molecule has 148 valence electrons. The van der Waals surface area contributed by atoms with Gasteiger partial charge in [0.05, 0.1) is 28.4 Å². The van der Waals surface area contributed by atoms with E-state index in [4.69, 9.17) is 21.3 Å². The Morgan fingerprint density at radius 1 is 1.29 bits per heavy atom. The van der Waals surface area contributed by atoms with Gasteiger partial charge in [-0.2, -0.15) is 0 Å². The molecule has 3 rings (SSSR count). The minimum Gasteiger partial charge on any atom is -0.496 e. The number of benzene rings is 1. The number of nitrogens with zero attached hydrogens (tertiary/aromatic N) is 2. The van der Waals surface area contributed by atoms with Gasteiger partial charge < -0.3 is 10.1 Å². The van der Waals surface area contributed by atoms with E-state index in [1.54, 1.807) is 18.4 Å². The molecular weight excluding hydrogens is 414 g/mol. The van der Waals surface area contributed by atoms with Gasteiger partial charge in [0.15, 0.2) is 5.13 Å². The topological polar surface area (TPSA) is 64.1 Å². The van der Waals surface area contributed by atoms with Crippen LogP contribution in [0.2, 0.25) is 5.02 Å². The number of hydrogen-bond donors (Lipinski definition) is 1. The molecular formula is C20H22ClN3O2S2. The van der Waals surface area contributed by atoms with E-state index in [1.165, 1.54) is 11.3 Å². The molecule has 1 aromatic carbocycles. The third kappa shape index (κ3) is 4.71. The maximum absolute atomic E-state index is 12.2. The number of anilines is 1. The fraction of sp³-hybridized carbons (Fsp3) is 0.350. The monoisotopic (exact) mass is 435 g/mol. The molecule has 2 aromatic heterocycles. The number of thiazole rings is 2. The van der Waals surface area contributed by atoms with Crippen LogP contribution in [0.15, 0.2) is 23.6 Å². The lowest BCUT2D eigenvalue weighted by Gasteiger charge is -2.15. The molecule has 1 amide bonds. The summed E-state index contributed by atoms with van der Waals surface area (Å²) in [7, 11) is 1.65. The first-order valence-corrected chi connectivity index (χ1v) is 10.8. The van der Waals surface area contributed by atoms with Crippen molar-refractivity contribution in [2.75, 3.05) is 12.4 Å². The van der Waals surface area contributed by atoms with E-state index in [2.05, 4.69) is 10.3 Å². The lowest BCUT2D eigenvalue weighted by atomic mass is 9.96. The van der Waals surface area contributed by atoms with E-state index in [-0.39, 0.29) is 5.91 Å². The predicted molar refractivity (Wildman–Crippen MR) is 117 cm³/mol. The molecule has 5 nitrogen and oxygen atoms in total. The summed E-state index contributed by atoms with van der Waals surface area (Å²) in [6, 6.07) is 5.58. The van der Waals surface area contributed by atoms with Gasteiger partial charge in [0.1, 0.15) is 5.75 Å². The minimum atomic E-state index is -0.463. The highest BCUT2D eigenvalue weighted by Gasteiger charge is 2.23. The average molecular weight is 436 g/mol. The average Bonchev–Trinajstić information content (AvgIpc) is 3.20. The number of hydrogen-bond acceptors (Lipinski definition) is 6. The van der Waals surface area contributed by atoms with Crippen LogP contribution in [0.4, 0.5) is 5.13 Å². The van der Waals surface area contributed by atoms with Crippen molar-refractivity contribution in [2.45, 2.75) is 34.1 Å². The van der Waals surface area contributed by atoms with E-state index >= 15 is 0 Å². The highest BCUT2D eigenvalue weighted by Crippen LogP contribution is 2.35. The Morgan fingerprint density at radius 3 is 2.71 bits per heavy atom. The molecule has 2 heterocycles. The third-order valence-corrected chi connectivity index (χ3v) is 6.24. The number of halogens is 1. The van der Waals surface area contributed by atoms with Crippen molar-refractivity contribution in [3.05, 3.63) is 44.9 Å². The number of nitrogens with one attached hydrogen (secondary N) is 1. The number of carbonyl (C=O) groups is 1.